The Balaban J connectivity index is 2.43. The SMILES string of the molecule is [2H]c1c([2H])c([2H])c2c(c(CNC(=S)SC([2H])([2H])[2H])cn2OC)c1[2H]. The van der Waals surface area contributed by atoms with Crippen LogP contribution in [0.2, 0.25) is 0 Å². The van der Waals surface area contributed by atoms with E-state index in [1.807, 2.05) is 0 Å². The van der Waals surface area contributed by atoms with Gasteiger partial charge in [-0.15, -0.1) is 11.8 Å². The Kier molecular flexibility index (Phi) is 1.95. The van der Waals surface area contributed by atoms with Crippen molar-refractivity contribution in [3.05, 3.63) is 35.9 Å². The van der Waals surface area contributed by atoms with Crippen molar-refractivity contribution in [2.24, 2.45) is 0 Å². The third-order valence-corrected chi connectivity index (χ3v) is 2.92. The number of rotatable bonds is 3. The molecule has 0 bridgehead atoms. The molecule has 5 heteroatoms. The number of para-hydroxylation sites is 1. The largest absolute Gasteiger partial charge is 0.417 e. The summed E-state index contributed by atoms with van der Waals surface area (Å²) in [6, 6.07) is -1.09. The first-order chi connectivity index (χ1) is 11.1. The van der Waals surface area contributed by atoms with Gasteiger partial charge in [0.25, 0.3) is 0 Å². The van der Waals surface area contributed by atoms with Gasteiger partial charge in [-0.1, -0.05) is 30.3 Å². The molecule has 0 saturated heterocycles. The van der Waals surface area contributed by atoms with Gasteiger partial charge in [0.05, 0.1) is 11.0 Å². The summed E-state index contributed by atoms with van der Waals surface area (Å²) in [6.07, 6.45) is -0.733. The summed E-state index contributed by atoms with van der Waals surface area (Å²) in [5.74, 6) is 0. The number of hydrogen-bond donors (Lipinski definition) is 1. The Morgan fingerprint density at radius 2 is 2.47 bits per heavy atom. The van der Waals surface area contributed by atoms with Crippen LogP contribution < -0.4 is 10.2 Å². The molecule has 0 aliphatic rings. The van der Waals surface area contributed by atoms with Gasteiger partial charge in [0, 0.05) is 27.8 Å². The van der Waals surface area contributed by atoms with E-state index in [0.29, 0.717) is 22.7 Å². The fourth-order valence-electron chi connectivity index (χ4n) is 1.46. The lowest BCUT2D eigenvalue weighted by Crippen LogP contribution is -2.17. The highest BCUT2D eigenvalue weighted by Gasteiger charge is 2.08. The Bertz CT molecular complexity index is 803. The van der Waals surface area contributed by atoms with E-state index in [-0.39, 0.29) is 40.6 Å². The first-order valence-corrected chi connectivity index (χ1v) is 5.91. The maximum Gasteiger partial charge on any atom is 0.133 e. The number of nitrogens with zero attached hydrogens (tertiary/aromatic N) is 1. The summed E-state index contributed by atoms with van der Waals surface area (Å²) in [6.45, 7) is 0.108. The van der Waals surface area contributed by atoms with E-state index < -0.39 is 6.18 Å². The quantitative estimate of drug-likeness (QED) is 0.869. The van der Waals surface area contributed by atoms with Gasteiger partial charge in [-0.3, -0.25) is 0 Å². The molecule has 90 valence electrons. The van der Waals surface area contributed by atoms with Crippen molar-refractivity contribution in [3.63, 3.8) is 0 Å². The first kappa shape index (κ1) is 6.11. The fourth-order valence-corrected chi connectivity index (χ4v) is 1.67. The van der Waals surface area contributed by atoms with E-state index in [9.17, 15) is 0 Å². The van der Waals surface area contributed by atoms with Crippen molar-refractivity contribution >= 4 is 39.2 Å². The molecule has 0 aliphatic heterocycles. The number of fused-ring (bicyclic) bond motifs is 1. The molecular formula is C12H14N2OS2. The lowest BCUT2D eigenvalue weighted by Gasteiger charge is -2.03. The minimum absolute atomic E-state index is 0.0779. The summed E-state index contributed by atoms with van der Waals surface area (Å²) in [4.78, 5) is 5.14. The van der Waals surface area contributed by atoms with Crippen molar-refractivity contribution in [2.75, 3.05) is 13.3 Å². The molecule has 17 heavy (non-hydrogen) atoms. The topological polar surface area (TPSA) is 26.2 Å². The van der Waals surface area contributed by atoms with E-state index in [1.54, 1.807) is 0 Å². The molecule has 1 N–H and O–H groups in total. The van der Waals surface area contributed by atoms with E-state index in [2.05, 4.69) is 5.32 Å². The molecule has 1 aromatic carbocycles. The smallest absolute Gasteiger partial charge is 0.133 e. The molecule has 2 aromatic rings. The third-order valence-electron chi connectivity index (χ3n) is 2.19. The number of hydrogen-bond acceptors (Lipinski definition) is 3. The number of thiocarbonyl (C=S) groups is 1. The standard InChI is InChI=1S/C12H14N2OS2/c1-15-14-8-9(7-13-12(16)17-2)10-5-3-4-6-11(10)14/h3-6,8H,7H2,1-2H3,(H,13,16)/i2D3,3D,4D,5D,6D. The van der Waals surface area contributed by atoms with Crippen LogP contribution in [0, 0.1) is 0 Å². The first-order valence-electron chi connectivity index (χ1n) is 8.18. The van der Waals surface area contributed by atoms with Crippen LogP contribution in [0.3, 0.4) is 0 Å². The highest BCUT2D eigenvalue weighted by molar-refractivity contribution is 8.22. The predicted molar refractivity (Wildman–Crippen MR) is 77.4 cm³/mol. The van der Waals surface area contributed by atoms with Gasteiger partial charge in [-0.05, 0) is 12.2 Å². The minimum Gasteiger partial charge on any atom is -0.417 e. The average Bonchev–Trinajstić information content (AvgIpc) is 2.85. The van der Waals surface area contributed by atoms with Crippen molar-refractivity contribution in [2.45, 2.75) is 6.54 Å². The molecule has 1 heterocycles. The molecule has 0 atom stereocenters. The van der Waals surface area contributed by atoms with Crippen LogP contribution in [0.5, 0.6) is 0 Å². The molecule has 3 nitrogen and oxygen atoms in total. The average molecular weight is 273 g/mol. The van der Waals surface area contributed by atoms with E-state index in [1.165, 1.54) is 18.0 Å². The lowest BCUT2D eigenvalue weighted by molar-refractivity contribution is 0.179. The summed E-state index contributed by atoms with van der Waals surface area (Å²) in [7, 11) is 1.38. The van der Waals surface area contributed by atoms with Crippen LogP contribution >= 0.6 is 24.0 Å². The molecule has 0 aliphatic carbocycles. The minimum atomic E-state index is -2.26. The van der Waals surface area contributed by atoms with E-state index in [0.717, 1.165) is 0 Å². The molecule has 0 spiro atoms. The fraction of sp³-hybridized carbons (Fsp3) is 0.250. The third kappa shape index (κ3) is 2.56. The van der Waals surface area contributed by atoms with Gasteiger partial charge in [-0.25, -0.2) is 0 Å². The van der Waals surface area contributed by atoms with Crippen LogP contribution in [0.25, 0.3) is 10.9 Å². The number of aromatic nitrogens is 1. The normalized spacial score (nSPS) is 17.1. The lowest BCUT2D eigenvalue weighted by atomic mass is 10.2. The van der Waals surface area contributed by atoms with E-state index in [4.69, 9.17) is 26.7 Å². The van der Waals surface area contributed by atoms with Crippen molar-refractivity contribution in [3.8, 4) is 0 Å². The van der Waals surface area contributed by atoms with Crippen LogP contribution in [-0.4, -0.2) is 22.3 Å². The Morgan fingerprint density at radius 1 is 1.65 bits per heavy atom. The number of benzene rings is 1. The molecule has 0 fully saturated rings. The molecule has 0 radical (unpaired) electrons. The van der Waals surface area contributed by atoms with Gasteiger partial charge < -0.3 is 10.2 Å². The summed E-state index contributed by atoms with van der Waals surface area (Å²) in [5, 5.41) is 3.08. The highest BCUT2D eigenvalue weighted by Crippen LogP contribution is 2.20. The summed E-state index contributed by atoms with van der Waals surface area (Å²) in [5.41, 5.74) is 0.738. The molecule has 0 amide bonds. The van der Waals surface area contributed by atoms with Crippen molar-refractivity contribution < 1.29 is 14.4 Å². The Labute approximate surface area is 120 Å². The van der Waals surface area contributed by atoms with Gasteiger partial charge in [-0.2, -0.15) is 4.73 Å². The molecular weight excluding hydrogens is 252 g/mol. The van der Waals surface area contributed by atoms with Crippen molar-refractivity contribution in [1.82, 2.24) is 10.0 Å². The van der Waals surface area contributed by atoms with Crippen LogP contribution in [-0.2, 0) is 6.54 Å². The number of nitrogens with one attached hydrogen (secondary N) is 1. The zero-order chi connectivity index (χ0) is 18.2. The molecule has 0 unspecified atom stereocenters. The zero-order valence-corrected chi connectivity index (χ0v) is 10.6. The predicted octanol–water partition coefficient (Wildman–Crippen LogP) is 2.44. The van der Waals surface area contributed by atoms with Crippen LogP contribution in [0.1, 0.15) is 15.2 Å². The van der Waals surface area contributed by atoms with Gasteiger partial charge >= 0.3 is 0 Å². The second kappa shape index (κ2) is 5.42. The van der Waals surface area contributed by atoms with Gasteiger partial charge in [0.15, 0.2) is 0 Å². The molecule has 0 saturated carbocycles. The van der Waals surface area contributed by atoms with Crippen LogP contribution in [0.4, 0.5) is 0 Å². The molecule has 1 aromatic heterocycles. The van der Waals surface area contributed by atoms with Crippen molar-refractivity contribution in [1.29, 1.82) is 0 Å². The number of thioether (sulfide) groups is 1. The summed E-state index contributed by atoms with van der Waals surface area (Å²) < 4.78 is 54.5. The van der Waals surface area contributed by atoms with Gasteiger partial charge in [0.1, 0.15) is 11.4 Å². The molecule has 2 rings (SSSR count). The van der Waals surface area contributed by atoms with E-state index >= 15 is 0 Å². The second-order valence-corrected chi connectivity index (χ2v) is 4.41. The highest BCUT2D eigenvalue weighted by atomic mass is 32.2. The maximum absolute atomic E-state index is 8.07. The van der Waals surface area contributed by atoms with Crippen LogP contribution in [0.15, 0.2) is 30.4 Å². The zero-order valence-electron chi connectivity index (χ0n) is 16.0. The Morgan fingerprint density at radius 3 is 3.24 bits per heavy atom. The second-order valence-electron chi connectivity index (χ2n) is 3.13. The Hall–Kier alpha value is -1.20. The monoisotopic (exact) mass is 273 g/mol. The summed E-state index contributed by atoms with van der Waals surface area (Å²) >= 11 is 5.51. The van der Waals surface area contributed by atoms with Gasteiger partial charge in [0.2, 0.25) is 0 Å². The maximum atomic E-state index is 8.07.